The van der Waals surface area contributed by atoms with Crippen LogP contribution in [0.25, 0.3) is 16.6 Å². The molecule has 1 atom stereocenters. The van der Waals surface area contributed by atoms with Gasteiger partial charge in [0.15, 0.2) is 0 Å². The smallest absolute Gasteiger partial charge is 0.266 e. The Labute approximate surface area is 210 Å². The quantitative estimate of drug-likeness (QED) is 0.338. The lowest BCUT2D eigenvalue weighted by molar-refractivity contribution is 0.0680. The van der Waals surface area contributed by atoms with E-state index in [1.807, 2.05) is 63.2 Å². The van der Waals surface area contributed by atoms with Gasteiger partial charge >= 0.3 is 0 Å². The van der Waals surface area contributed by atoms with E-state index in [0.717, 1.165) is 12.0 Å². The van der Waals surface area contributed by atoms with Crippen molar-refractivity contribution in [2.75, 3.05) is 20.8 Å². The summed E-state index contributed by atoms with van der Waals surface area (Å²) < 4.78 is 12.4. The molecule has 36 heavy (non-hydrogen) atoms. The van der Waals surface area contributed by atoms with Gasteiger partial charge in [-0.15, -0.1) is 0 Å². The maximum absolute atomic E-state index is 13.8. The van der Waals surface area contributed by atoms with E-state index >= 15 is 0 Å². The molecule has 0 aliphatic rings. The highest BCUT2D eigenvalue weighted by atomic mass is 16.5. The van der Waals surface area contributed by atoms with Crippen molar-refractivity contribution in [3.8, 4) is 17.2 Å². The van der Waals surface area contributed by atoms with E-state index in [4.69, 9.17) is 14.5 Å². The van der Waals surface area contributed by atoms with E-state index in [9.17, 15) is 9.59 Å². The maximum Gasteiger partial charge on any atom is 0.266 e. The Hall–Kier alpha value is -4.13. The van der Waals surface area contributed by atoms with Gasteiger partial charge in [0.05, 0.1) is 36.9 Å². The number of nitrogens with zero attached hydrogens (tertiary/aromatic N) is 3. The zero-order valence-corrected chi connectivity index (χ0v) is 21.3. The Balaban J connectivity index is 1.90. The van der Waals surface area contributed by atoms with Gasteiger partial charge in [-0.3, -0.25) is 14.2 Å². The van der Waals surface area contributed by atoms with Crippen LogP contribution in [0.1, 0.15) is 48.1 Å². The summed E-state index contributed by atoms with van der Waals surface area (Å²) in [5.74, 6) is 1.37. The van der Waals surface area contributed by atoms with Crippen molar-refractivity contribution in [3.05, 3.63) is 94.0 Å². The number of carbonyl (C=O) groups excluding carboxylic acids is 1. The first kappa shape index (κ1) is 25.0. The molecule has 0 saturated heterocycles. The molecular weight excluding hydrogens is 454 g/mol. The Morgan fingerprint density at radius 1 is 1.00 bits per heavy atom. The van der Waals surface area contributed by atoms with Crippen LogP contribution >= 0.6 is 0 Å². The van der Waals surface area contributed by atoms with Gasteiger partial charge in [-0.05, 0) is 62.2 Å². The SMILES string of the molecule is CCCN(C(=O)c1cc(OC)cc(OC)c1)C(C)c1nc2ccccc2c(=O)n1-c1cccc(C)c1. The van der Waals surface area contributed by atoms with Crippen molar-refractivity contribution in [3.63, 3.8) is 0 Å². The molecule has 0 saturated carbocycles. The second kappa shape index (κ2) is 10.6. The predicted molar refractivity (Wildman–Crippen MR) is 141 cm³/mol. The van der Waals surface area contributed by atoms with E-state index in [1.54, 1.807) is 48.0 Å². The van der Waals surface area contributed by atoms with Crippen LogP contribution in [-0.2, 0) is 0 Å². The van der Waals surface area contributed by atoms with E-state index < -0.39 is 6.04 Å². The summed E-state index contributed by atoms with van der Waals surface area (Å²) in [5, 5.41) is 0.529. The number of rotatable bonds is 8. The lowest BCUT2D eigenvalue weighted by Gasteiger charge is -2.30. The Kier molecular flexibility index (Phi) is 7.38. The number of para-hydroxylation sites is 1. The minimum absolute atomic E-state index is 0.167. The lowest BCUT2D eigenvalue weighted by Crippen LogP contribution is -2.38. The van der Waals surface area contributed by atoms with Crippen LogP contribution in [0.4, 0.5) is 0 Å². The van der Waals surface area contributed by atoms with Gasteiger partial charge in [0.25, 0.3) is 11.5 Å². The number of amides is 1. The first-order valence-electron chi connectivity index (χ1n) is 12.0. The van der Waals surface area contributed by atoms with Gasteiger partial charge < -0.3 is 14.4 Å². The molecule has 1 amide bonds. The third-order valence-corrected chi connectivity index (χ3v) is 6.23. The van der Waals surface area contributed by atoms with Crippen LogP contribution < -0.4 is 15.0 Å². The summed E-state index contributed by atoms with van der Waals surface area (Å²) in [6.07, 6.45) is 0.736. The van der Waals surface area contributed by atoms with Gasteiger partial charge in [0, 0.05) is 18.2 Å². The first-order valence-corrected chi connectivity index (χ1v) is 12.0. The third kappa shape index (κ3) is 4.82. The van der Waals surface area contributed by atoms with E-state index in [-0.39, 0.29) is 11.5 Å². The highest BCUT2D eigenvalue weighted by molar-refractivity contribution is 5.95. The third-order valence-electron chi connectivity index (χ3n) is 6.23. The summed E-state index contributed by atoms with van der Waals surface area (Å²) in [6, 6.07) is 19.7. The molecule has 0 spiro atoms. The van der Waals surface area contributed by atoms with Gasteiger partial charge in [-0.1, -0.05) is 31.2 Å². The van der Waals surface area contributed by atoms with Crippen LogP contribution in [0.3, 0.4) is 0 Å². The van der Waals surface area contributed by atoms with E-state index in [1.165, 1.54) is 0 Å². The number of carbonyl (C=O) groups is 1. The Morgan fingerprint density at radius 3 is 2.33 bits per heavy atom. The average molecular weight is 486 g/mol. The normalized spacial score (nSPS) is 11.8. The fourth-order valence-electron chi connectivity index (χ4n) is 4.39. The molecule has 1 heterocycles. The lowest BCUT2D eigenvalue weighted by atomic mass is 10.1. The van der Waals surface area contributed by atoms with E-state index in [0.29, 0.717) is 46.0 Å². The first-order chi connectivity index (χ1) is 17.4. The number of ether oxygens (including phenoxy) is 2. The summed E-state index contributed by atoms with van der Waals surface area (Å²) in [6.45, 7) is 6.39. The van der Waals surface area contributed by atoms with Crippen molar-refractivity contribution < 1.29 is 14.3 Å². The van der Waals surface area contributed by atoms with E-state index in [2.05, 4.69) is 0 Å². The molecule has 4 rings (SSSR count). The van der Waals surface area contributed by atoms with Crippen LogP contribution in [0.15, 0.2) is 71.5 Å². The second-order valence-corrected chi connectivity index (χ2v) is 8.74. The Morgan fingerprint density at radius 2 is 1.69 bits per heavy atom. The van der Waals surface area contributed by atoms with Crippen molar-refractivity contribution in [1.82, 2.24) is 14.5 Å². The second-order valence-electron chi connectivity index (χ2n) is 8.74. The van der Waals surface area contributed by atoms with Crippen molar-refractivity contribution in [1.29, 1.82) is 0 Å². The minimum atomic E-state index is -0.493. The molecule has 7 nitrogen and oxygen atoms in total. The number of benzene rings is 3. The fourth-order valence-corrected chi connectivity index (χ4v) is 4.39. The van der Waals surface area contributed by atoms with Crippen LogP contribution in [0.2, 0.25) is 0 Å². The summed E-state index contributed by atoms with van der Waals surface area (Å²) in [5.41, 5.74) is 2.61. The average Bonchev–Trinajstić information content (AvgIpc) is 2.90. The summed E-state index contributed by atoms with van der Waals surface area (Å²) in [4.78, 5) is 34.2. The zero-order chi connectivity index (χ0) is 25.8. The molecule has 1 aromatic heterocycles. The van der Waals surface area contributed by atoms with Crippen LogP contribution in [0, 0.1) is 6.92 Å². The molecule has 0 fully saturated rings. The predicted octanol–water partition coefficient (Wildman–Crippen LogP) is 5.32. The number of fused-ring (bicyclic) bond motifs is 1. The Bertz CT molecular complexity index is 1440. The highest BCUT2D eigenvalue weighted by Gasteiger charge is 2.28. The molecular formula is C29H31N3O4. The molecule has 0 aliphatic heterocycles. The summed E-state index contributed by atoms with van der Waals surface area (Å²) >= 11 is 0. The minimum Gasteiger partial charge on any atom is -0.497 e. The summed E-state index contributed by atoms with van der Waals surface area (Å²) in [7, 11) is 3.10. The molecule has 7 heteroatoms. The monoisotopic (exact) mass is 485 g/mol. The molecule has 0 bridgehead atoms. The molecule has 0 radical (unpaired) electrons. The standard InChI is InChI=1S/C29H31N3O4/c1-6-14-31(28(33)21-16-23(35-4)18-24(17-21)36-5)20(3)27-30-26-13-8-7-12-25(26)29(34)32(27)22-11-9-10-19(2)15-22/h7-13,15-18,20H,6,14H2,1-5H3. The highest BCUT2D eigenvalue weighted by Crippen LogP contribution is 2.28. The van der Waals surface area contributed by atoms with Crippen LogP contribution in [0.5, 0.6) is 11.5 Å². The zero-order valence-electron chi connectivity index (χ0n) is 21.3. The molecule has 186 valence electrons. The van der Waals surface area contributed by atoms with Crippen molar-refractivity contribution in [2.24, 2.45) is 0 Å². The molecule has 3 aromatic carbocycles. The fraction of sp³-hybridized carbons (Fsp3) is 0.276. The number of hydrogen-bond donors (Lipinski definition) is 0. The number of methoxy groups -OCH3 is 2. The van der Waals surface area contributed by atoms with Gasteiger partial charge in [0.2, 0.25) is 0 Å². The van der Waals surface area contributed by atoms with Gasteiger partial charge in [-0.25, -0.2) is 4.98 Å². The van der Waals surface area contributed by atoms with Crippen molar-refractivity contribution >= 4 is 16.8 Å². The number of hydrogen-bond acceptors (Lipinski definition) is 5. The van der Waals surface area contributed by atoms with Crippen molar-refractivity contribution in [2.45, 2.75) is 33.2 Å². The molecule has 1 unspecified atom stereocenters. The van der Waals surface area contributed by atoms with Crippen LogP contribution in [-0.4, -0.2) is 41.1 Å². The van der Waals surface area contributed by atoms with Gasteiger partial charge in [-0.2, -0.15) is 0 Å². The molecule has 0 N–H and O–H groups in total. The largest absolute Gasteiger partial charge is 0.497 e. The topological polar surface area (TPSA) is 73.7 Å². The van der Waals surface area contributed by atoms with Gasteiger partial charge in [0.1, 0.15) is 17.3 Å². The number of aryl methyl sites for hydroxylation is 1. The molecule has 0 aliphatic carbocycles. The molecule has 4 aromatic rings. The number of aromatic nitrogens is 2. The maximum atomic E-state index is 13.8.